The van der Waals surface area contributed by atoms with Crippen LogP contribution in [0.1, 0.15) is 41.0 Å². The van der Waals surface area contributed by atoms with Crippen LogP contribution in [-0.2, 0) is 9.53 Å². The molecular formula is C12H23NO2. The quantitative estimate of drug-likeness (QED) is 0.532. The first kappa shape index (κ1) is 14.1. The number of esters is 1. The monoisotopic (exact) mass is 213 g/mol. The Kier molecular flexibility index (Phi) is 5.55. The Morgan fingerprint density at radius 1 is 1.40 bits per heavy atom. The zero-order valence-corrected chi connectivity index (χ0v) is 10.7. The number of methoxy groups -OCH3 is 1. The van der Waals surface area contributed by atoms with Crippen LogP contribution < -0.4 is 0 Å². The van der Waals surface area contributed by atoms with E-state index in [9.17, 15) is 4.79 Å². The molecule has 0 saturated carbocycles. The molecule has 0 N–H and O–H groups in total. The van der Waals surface area contributed by atoms with Crippen LogP contribution in [0.4, 0.5) is 0 Å². The van der Waals surface area contributed by atoms with Crippen molar-refractivity contribution in [3.8, 4) is 0 Å². The molecule has 1 atom stereocenters. The van der Waals surface area contributed by atoms with Crippen molar-refractivity contribution in [2.75, 3.05) is 7.11 Å². The minimum Gasteiger partial charge on any atom is -0.467 e. The van der Waals surface area contributed by atoms with Gasteiger partial charge in [0.15, 0.2) is 0 Å². The van der Waals surface area contributed by atoms with Crippen LogP contribution >= 0.6 is 0 Å². The molecule has 0 aliphatic carbocycles. The number of hydrogen-bond donors (Lipinski definition) is 0. The third-order valence-electron chi connectivity index (χ3n) is 1.81. The van der Waals surface area contributed by atoms with Crippen molar-refractivity contribution in [3.05, 3.63) is 0 Å². The van der Waals surface area contributed by atoms with E-state index < -0.39 is 0 Å². The van der Waals surface area contributed by atoms with E-state index in [2.05, 4.69) is 39.6 Å². The second-order valence-corrected chi connectivity index (χ2v) is 5.31. The maximum Gasteiger partial charge on any atom is 0.330 e. The number of aliphatic imine (C=N–C) groups is 1. The molecule has 3 heteroatoms. The molecule has 0 amide bonds. The van der Waals surface area contributed by atoms with Crippen molar-refractivity contribution in [3.63, 3.8) is 0 Å². The molecule has 0 heterocycles. The van der Waals surface area contributed by atoms with Crippen molar-refractivity contribution in [2.24, 2.45) is 16.3 Å². The molecule has 0 unspecified atom stereocenters. The summed E-state index contributed by atoms with van der Waals surface area (Å²) in [5, 5.41) is 0. The van der Waals surface area contributed by atoms with E-state index in [4.69, 9.17) is 4.74 Å². The number of ether oxygens (including phenoxy) is 1. The molecule has 0 aliphatic rings. The van der Waals surface area contributed by atoms with Gasteiger partial charge >= 0.3 is 5.97 Å². The average molecular weight is 213 g/mol. The highest BCUT2D eigenvalue weighted by atomic mass is 16.5. The normalized spacial score (nSPS) is 14.6. The van der Waals surface area contributed by atoms with Crippen molar-refractivity contribution in [1.82, 2.24) is 0 Å². The largest absolute Gasteiger partial charge is 0.467 e. The number of rotatable bonds is 4. The maximum atomic E-state index is 11.4. The van der Waals surface area contributed by atoms with Gasteiger partial charge in [0, 0.05) is 6.21 Å². The van der Waals surface area contributed by atoms with Gasteiger partial charge < -0.3 is 4.74 Å². The topological polar surface area (TPSA) is 38.7 Å². The summed E-state index contributed by atoms with van der Waals surface area (Å²) in [4.78, 5) is 15.7. The lowest BCUT2D eigenvalue weighted by molar-refractivity contribution is -0.142. The van der Waals surface area contributed by atoms with Gasteiger partial charge in [0.25, 0.3) is 0 Å². The van der Waals surface area contributed by atoms with E-state index in [1.807, 2.05) is 6.21 Å². The molecular weight excluding hydrogens is 190 g/mol. The lowest BCUT2D eigenvalue weighted by Crippen LogP contribution is -2.23. The average Bonchev–Trinajstić information content (AvgIpc) is 2.09. The number of carbonyl (C=O) groups is 1. The second-order valence-electron chi connectivity index (χ2n) is 5.31. The Morgan fingerprint density at radius 3 is 2.27 bits per heavy atom. The lowest BCUT2D eigenvalue weighted by atomic mass is 9.98. The van der Waals surface area contributed by atoms with Crippen molar-refractivity contribution in [1.29, 1.82) is 0 Å². The predicted molar refractivity (Wildman–Crippen MR) is 63.2 cm³/mol. The molecule has 0 saturated heterocycles. The minimum absolute atomic E-state index is 0.00323. The molecule has 0 rings (SSSR count). The van der Waals surface area contributed by atoms with Crippen LogP contribution in [0.2, 0.25) is 0 Å². The van der Waals surface area contributed by atoms with Crippen molar-refractivity contribution >= 4 is 12.2 Å². The summed E-state index contributed by atoms with van der Waals surface area (Å²) >= 11 is 0. The van der Waals surface area contributed by atoms with E-state index in [-0.39, 0.29) is 17.4 Å². The zero-order chi connectivity index (χ0) is 12.1. The molecule has 0 fully saturated rings. The third-order valence-corrected chi connectivity index (χ3v) is 1.81. The van der Waals surface area contributed by atoms with Crippen LogP contribution in [0.15, 0.2) is 4.99 Å². The summed E-state index contributed by atoms with van der Waals surface area (Å²) in [6.07, 6.45) is 2.57. The maximum absolute atomic E-state index is 11.4. The van der Waals surface area contributed by atoms with Crippen LogP contribution in [-0.4, -0.2) is 25.3 Å². The molecule has 0 aromatic rings. The van der Waals surface area contributed by atoms with Gasteiger partial charge in [-0.1, -0.05) is 34.6 Å². The summed E-state index contributed by atoms with van der Waals surface area (Å²) < 4.78 is 4.73. The molecule has 0 bridgehead atoms. The number of hydrogen-bond acceptors (Lipinski definition) is 3. The summed E-state index contributed by atoms with van der Waals surface area (Å²) in [5.74, 6) is 0.190. The third kappa shape index (κ3) is 7.11. The summed E-state index contributed by atoms with van der Waals surface area (Å²) in [6, 6.07) is -0.353. The van der Waals surface area contributed by atoms with Gasteiger partial charge in [-0.25, -0.2) is 4.79 Å². The van der Waals surface area contributed by atoms with E-state index >= 15 is 0 Å². The minimum atomic E-state index is -0.353. The van der Waals surface area contributed by atoms with Gasteiger partial charge in [0.2, 0.25) is 0 Å². The van der Waals surface area contributed by atoms with E-state index in [0.717, 1.165) is 6.42 Å². The van der Waals surface area contributed by atoms with Gasteiger partial charge in [-0.05, 0) is 17.8 Å². The first-order chi connectivity index (χ1) is 6.76. The Bertz CT molecular complexity index is 226. The Balaban J connectivity index is 4.51. The first-order valence-corrected chi connectivity index (χ1v) is 5.38. The van der Waals surface area contributed by atoms with E-state index in [1.54, 1.807) is 0 Å². The fourth-order valence-electron chi connectivity index (χ4n) is 1.11. The van der Waals surface area contributed by atoms with E-state index in [0.29, 0.717) is 5.92 Å². The summed E-state index contributed by atoms with van der Waals surface area (Å²) in [7, 11) is 1.41. The predicted octanol–water partition coefficient (Wildman–Crippen LogP) is 2.69. The Labute approximate surface area is 92.9 Å². The van der Waals surface area contributed by atoms with Gasteiger partial charge in [0.05, 0.1) is 7.11 Å². The molecule has 0 radical (unpaired) electrons. The van der Waals surface area contributed by atoms with Crippen LogP contribution in [0, 0.1) is 11.3 Å². The van der Waals surface area contributed by atoms with Crippen LogP contribution in [0.3, 0.4) is 0 Å². The number of nitrogens with zero attached hydrogens (tertiary/aromatic N) is 1. The molecule has 0 aromatic carbocycles. The van der Waals surface area contributed by atoms with Gasteiger partial charge in [0.1, 0.15) is 6.04 Å². The van der Waals surface area contributed by atoms with Crippen LogP contribution in [0.25, 0.3) is 0 Å². The molecule has 15 heavy (non-hydrogen) atoms. The van der Waals surface area contributed by atoms with Crippen LogP contribution in [0.5, 0.6) is 0 Å². The van der Waals surface area contributed by atoms with E-state index in [1.165, 1.54) is 7.11 Å². The molecule has 88 valence electrons. The smallest absolute Gasteiger partial charge is 0.330 e. The summed E-state index contributed by atoms with van der Waals surface area (Å²) in [6.45, 7) is 10.3. The van der Waals surface area contributed by atoms with Gasteiger partial charge in [-0.3, -0.25) is 4.99 Å². The van der Waals surface area contributed by atoms with Crippen molar-refractivity contribution in [2.45, 2.75) is 47.1 Å². The number of carbonyl (C=O) groups excluding carboxylic acids is 1. The standard InChI is InChI=1S/C12H23NO2/c1-9(2)7-10(11(14)15-6)13-8-12(3,4)5/h8-10H,7H2,1-6H3/t10-/m0/s1. The molecule has 0 aromatic heterocycles. The van der Waals surface area contributed by atoms with Gasteiger partial charge in [-0.15, -0.1) is 0 Å². The Morgan fingerprint density at radius 2 is 1.93 bits per heavy atom. The molecule has 3 nitrogen and oxygen atoms in total. The first-order valence-electron chi connectivity index (χ1n) is 5.38. The fourth-order valence-corrected chi connectivity index (χ4v) is 1.11. The van der Waals surface area contributed by atoms with Gasteiger partial charge in [-0.2, -0.15) is 0 Å². The van der Waals surface area contributed by atoms with Crippen molar-refractivity contribution < 1.29 is 9.53 Å². The highest BCUT2D eigenvalue weighted by molar-refractivity contribution is 5.78. The summed E-state index contributed by atoms with van der Waals surface area (Å²) in [5.41, 5.74) is 0.00323. The fraction of sp³-hybridized carbons (Fsp3) is 0.833. The molecule has 0 aliphatic heterocycles. The Hall–Kier alpha value is -0.860. The molecule has 0 spiro atoms. The highest BCUT2D eigenvalue weighted by Crippen LogP contribution is 2.13. The zero-order valence-electron chi connectivity index (χ0n) is 10.7. The SMILES string of the molecule is COC(=O)[C@H](CC(C)C)N=CC(C)(C)C. The second kappa shape index (κ2) is 5.89. The highest BCUT2D eigenvalue weighted by Gasteiger charge is 2.19. The lowest BCUT2D eigenvalue weighted by Gasteiger charge is -2.15.